The molecule has 0 bridgehead atoms. The van der Waals surface area contributed by atoms with Crippen LogP contribution in [0, 0.1) is 25.2 Å². The number of rotatable bonds is 5. The maximum Gasteiger partial charge on any atom is 0.203 e. The molecule has 128 valence electrons. The molecule has 0 spiro atoms. The standard InChI is InChI=1S/C22H24N2O/c1-14(2)17-5-7-18(8-6-17)22(25)20(13-23)12-19-11-15(3)24(16(19)4)21-9-10-21/h5-8,11-12,14,21H,9-10H2,1-4H3/b20-12+. The summed E-state index contributed by atoms with van der Waals surface area (Å²) < 4.78 is 2.32. The van der Waals surface area contributed by atoms with Gasteiger partial charge in [0.05, 0.1) is 0 Å². The molecule has 0 atom stereocenters. The number of allylic oxidation sites excluding steroid dienone is 1. The Labute approximate surface area is 149 Å². The highest BCUT2D eigenvalue weighted by Crippen LogP contribution is 2.38. The second-order valence-corrected chi connectivity index (χ2v) is 7.20. The number of nitrogens with zero attached hydrogens (tertiary/aromatic N) is 2. The number of hydrogen-bond donors (Lipinski definition) is 0. The lowest BCUT2D eigenvalue weighted by molar-refractivity contribution is 0.104. The van der Waals surface area contributed by atoms with Gasteiger partial charge in [-0.1, -0.05) is 38.1 Å². The first-order chi connectivity index (χ1) is 11.9. The van der Waals surface area contributed by atoms with E-state index in [0.29, 0.717) is 17.5 Å². The summed E-state index contributed by atoms with van der Waals surface area (Å²) >= 11 is 0. The molecule has 1 aliphatic rings. The summed E-state index contributed by atoms with van der Waals surface area (Å²) in [5.74, 6) is 0.206. The van der Waals surface area contributed by atoms with E-state index in [0.717, 1.165) is 11.3 Å². The van der Waals surface area contributed by atoms with Gasteiger partial charge in [-0.2, -0.15) is 5.26 Å². The molecule has 1 heterocycles. The van der Waals surface area contributed by atoms with E-state index in [1.165, 1.54) is 24.1 Å². The fourth-order valence-electron chi connectivity index (χ4n) is 3.32. The molecule has 0 saturated heterocycles. The maximum atomic E-state index is 12.7. The van der Waals surface area contributed by atoms with E-state index in [2.05, 4.69) is 44.4 Å². The minimum Gasteiger partial charge on any atom is -0.346 e. The Morgan fingerprint density at radius 1 is 1.24 bits per heavy atom. The summed E-state index contributed by atoms with van der Waals surface area (Å²) in [7, 11) is 0. The number of nitriles is 1. The van der Waals surface area contributed by atoms with Crippen LogP contribution in [0.1, 0.15) is 71.5 Å². The first-order valence-corrected chi connectivity index (χ1v) is 8.87. The van der Waals surface area contributed by atoms with Crippen molar-refractivity contribution in [3.8, 4) is 6.07 Å². The van der Waals surface area contributed by atoms with E-state index in [9.17, 15) is 10.1 Å². The number of carbonyl (C=O) groups is 1. The van der Waals surface area contributed by atoms with Crippen LogP contribution in [0.5, 0.6) is 0 Å². The third kappa shape index (κ3) is 3.44. The van der Waals surface area contributed by atoms with Crippen molar-refractivity contribution >= 4 is 11.9 Å². The van der Waals surface area contributed by atoms with Gasteiger partial charge in [0.1, 0.15) is 11.6 Å². The fourth-order valence-corrected chi connectivity index (χ4v) is 3.32. The van der Waals surface area contributed by atoms with E-state index < -0.39 is 0 Å². The predicted octanol–water partition coefficient (Wildman–Crippen LogP) is 5.35. The smallest absolute Gasteiger partial charge is 0.203 e. The third-order valence-corrected chi connectivity index (χ3v) is 4.94. The number of Topliss-reactive ketones (excluding diaryl/α,β-unsaturated/α-hetero) is 1. The van der Waals surface area contributed by atoms with Crippen molar-refractivity contribution < 1.29 is 4.79 Å². The molecule has 0 unspecified atom stereocenters. The first kappa shape index (κ1) is 17.2. The average Bonchev–Trinajstić information content (AvgIpc) is 3.38. The van der Waals surface area contributed by atoms with Gasteiger partial charge in [0.25, 0.3) is 0 Å². The molecule has 2 aromatic rings. The lowest BCUT2D eigenvalue weighted by atomic mass is 9.97. The van der Waals surface area contributed by atoms with Crippen molar-refractivity contribution in [2.24, 2.45) is 0 Å². The second kappa shape index (κ2) is 6.72. The van der Waals surface area contributed by atoms with Gasteiger partial charge >= 0.3 is 0 Å². The van der Waals surface area contributed by atoms with Crippen LogP contribution < -0.4 is 0 Å². The van der Waals surface area contributed by atoms with Crippen LogP contribution in [0.25, 0.3) is 6.08 Å². The van der Waals surface area contributed by atoms with Crippen LogP contribution in [0.2, 0.25) is 0 Å². The minimum atomic E-state index is -0.214. The minimum absolute atomic E-state index is 0.188. The fraction of sp³-hybridized carbons (Fsp3) is 0.364. The first-order valence-electron chi connectivity index (χ1n) is 8.87. The van der Waals surface area contributed by atoms with Gasteiger partial charge in [-0.15, -0.1) is 0 Å². The van der Waals surface area contributed by atoms with Gasteiger partial charge < -0.3 is 4.57 Å². The molecule has 0 N–H and O–H groups in total. The highest BCUT2D eigenvalue weighted by Gasteiger charge is 2.26. The molecule has 3 rings (SSSR count). The molecule has 1 aromatic carbocycles. The van der Waals surface area contributed by atoms with Crippen molar-refractivity contribution in [2.75, 3.05) is 0 Å². The summed E-state index contributed by atoms with van der Waals surface area (Å²) in [5, 5.41) is 9.50. The van der Waals surface area contributed by atoms with Crippen molar-refractivity contribution in [3.63, 3.8) is 0 Å². The van der Waals surface area contributed by atoms with Crippen molar-refractivity contribution in [1.82, 2.24) is 4.57 Å². The highest BCUT2D eigenvalue weighted by molar-refractivity contribution is 6.14. The van der Waals surface area contributed by atoms with E-state index in [1.807, 2.05) is 24.3 Å². The zero-order chi connectivity index (χ0) is 18.1. The van der Waals surface area contributed by atoms with Crippen LogP contribution in [0.3, 0.4) is 0 Å². The third-order valence-electron chi connectivity index (χ3n) is 4.94. The number of aryl methyl sites for hydroxylation is 1. The van der Waals surface area contributed by atoms with Gasteiger partial charge in [0, 0.05) is 23.0 Å². The van der Waals surface area contributed by atoms with Gasteiger partial charge in [0.15, 0.2) is 0 Å². The summed E-state index contributed by atoms with van der Waals surface area (Å²) in [6.45, 7) is 8.38. The lowest BCUT2D eigenvalue weighted by Gasteiger charge is -2.07. The van der Waals surface area contributed by atoms with Crippen LogP contribution in [0.4, 0.5) is 0 Å². The number of hydrogen-bond acceptors (Lipinski definition) is 2. The summed E-state index contributed by atoms with van der Waals surface area (Å²) in [4.78, 5) is 12.7. The van der Waals surface area contributed by atoms with Crippen LogP contribution in [-0.4, -0.2) is 10.4 Å². The van der Waals surface area contributed by atoms with Gasteiger partial charge in [-0.25, -0.2) is 0 Å². The predicted molar refractivity (Wildman–Crippen MR) is 101 cm³/mol. The van der Waals surface area contributed by atoms with Crippen LogP contribution in [0.15, 0.2) is 35.9 Å². The Hall–Kier alpha value is -2.60. The second-order valence-electron chi connectivity index (χ2n) is 7.20. The van der Waals surface area contributed by atoms with E-state index >= 15 is 0 Å². The molecule has 1 fully saturated rings. The van der Waals surface area contributed by atoms with Crippen LogP contribution in [-0.2, 0) is 0 Å². The zero-order valence-corrected chi connectivity index (χ0v) is 15.3. The van der Waals surface area contributed by atoms with Crippen molar-refractivity contribution in [2.45, 2.75) is 52.5 Å². The molecule has 1 saturated carbocycles. The molecule has 1 aliphatic carbocycles. The Morgan fingerprint density at radius 2 is 1.88 bits per heavy atom. The van der Waals surface area contributed by atoms with E-state index in [1.54, 1.807) is 6.08 Å². The molecular formula is C22H24N2O. The lowest BCUT2D eigenvalue weighted by Crippen LogP contribution is -2.03. The summed E-state index contributed by atoms with van der Waals surface area (Å²) in [5.41, 5.74) is 5.23. The largest absolute Gasteiger partial charge is 0.346 e. The SMILES string of the molecule is Cc1cc(/C=C(\C#N)C(=O)c2ccc(C(C)C)cc2)c(C)n1C1CC1. The molecular weight excluding hydrogens is 308 g/mol. The topological polar surface area (TPSA) is 45.8 Å². The van der Waals surface area contributed by atoms with Gasteiger partial charge in [-0.05, 0) is 55.9 Å². The van der Waals surface area contributed by atoms with E-state index in [4.69, 9.17) is 0 Å². The normalized spacial score (nSPS) is 14.6. The Bertz CT molecular complexity index is 872. The molecule has 25 heavy (non-hydrogen) atoms. The molecule has 0 aliphatic heterocycles. The maximum absolute atomic E-state index is 12.7. The molecule has 0 radical (unpaired) electrons. The van der Waals surface area contributed by atoms with Gasteiger partial charge in [0.2, 0.25) is 5.78 Å². The van der Waals surface area contributed by atoms with Crippen molar-refractivity contribution in [1.29, 1.82) is 5.26 Å². The quantitative estimate of drug-likeness (QED) is 0.421. The zero-order valence-electron chi connectivity index (χ0n) is 15.3. The average molecular weight is 332 g/mol. The number of ketones is 1. The Kier molecular flexibility index (Phi) is 4.63. The highest BCUT2D eigenvalue weighted by atomic mass is 16.1. The Morgan fingerprint density at radius 3 is 2.40 bits per heavy atom. The summed E-state index contributed by atoms with van der Waals surface area (Å²) in [6.07, 6.45) is 4.16. The molecule has 3 heteroatoms. The number of benzene rings is 1. The van der Waals surface area contributed by atoms with Gasteiger partial charge in [-0.3, -0.25) is 4.79 Å². The van der Waals surface area contributed by atoms with Crippen LogP contribution >= 0.6 is 0 Å². The monoisotopic (exact) mass is 332 g/mol. The molecule has 0 amide bonds. The van der Waals surface area contributed by atoms with E-state index in [-0.39, 0.29) is 11.4 Å². The summed E-state index contributed by atoms with van der Waals surface area (Å²) in [6, 6.07) is 12.3. The molecule has 1 aromatic heterocycles. The number of carbonyl (C=O) groups excluding carboxylic acids is 1. The molecule has 3 nitrogen and oxygen atoms in total. The number of aromatic nitrogens is 1. The Balaban J connectivity index is 1.91. The van der Waals surface area contributed by atoms with Crippen molar-refractivity contribution in [3.05, 3.63) is 64.0 Å².